The Morgan fingerprint density at radius 3 is 2.16 bits per heavy atom. The number of methoxy groups -OCH3 is 1. The number of nitrogens with zero attached hydrogens (tertiary/aromatic N) is 1. The van der Waals surface area contributed by atoms with Crippen molar-refractivity contribution in [3.8, 4) is 11.6 Å². The summed E-state index contributed by atoms with van der Waals surface area (Å²) in [5.41, 5.74) is -2.25. The standard InChI is InChI=1S/C9H7F6NO3/c1-18-6-4(3-17)7(19-9(13,14)15)16-2-5(6)8(10,11)12/h2,17H,3H2,1H3. The molecule has 0 spiro atoms. The van der Waals surface area contributed by atoms with E-state index in [0.29, 0.717) is 0 Å². The van der Waals surface area contributed by atoms with Gasteiger partial charge in [-0.15, -0.1) is 13.2 Å². The lowest BCUT2D eigenvalue weighted by atomic mass is 10.1. The Bertz CT molecular complexity index is 456. The van der Waals surface area contributed by atoms with Gasteiger partial charge in [0, 0.05) is 6.20 Å². The number of aliphatic hydroxyl groups excluding tert-OH is 1. The number of hydrogen-bond donors (Lipinski definition) is 1. The molecule has 0 atom stereocenters. The van der Waals surface area contributed by atoms with Gasteiger partial charge >= 0.3 is 12.5 Å². The van der Waals surface area contributed by atoms with E-state index in [-0.39, 0.29) is 6.20 Å². The number of aromatic nitrogens is 1. The third-order valence-corrected chi connectivity index (χ3v) is 1.97. The lowest BCUT2D eigenvalue weighted by Gasteiger charge is -2.17. The maximum absolute atomic E-state index is 12.6. The highest BCUT2D eigenvalue weighted by molar-refractivity contribution is 5.46. The van der Waals surface area contributed by atoms with Crippen LogP contribution >= 0.6 is 0 Å². The van der Waals surface area contributed by atoms with E-state index < -0.39 is 41.9 Å². The van der Waals surface area contributed by atoms with Crippen LogP contribution in [0.15, 0.2) is 6.20 Å². The highest BCUT2D eigenvalue weighted by Crippen LogP contribution is 2.41. The van der Waals surface area contributed by atoms with Crippen LogP contribution in [-0.2, 0) is 12.8 Å². The summed E-state index contributed by atoms with van der Waals surface area (Å²) in [6, 6.07) is 0. The Labute approximate surface area is 102 Å². The van der Waals surface area contributed by atoms with E-state index in [0.717, 1.165) is 7.11 Å². The summed E-state index contributed by atoms with van der Waals surface area (Å²) in [6.07, 6.45) is -9.90. The van der Waals surface area contributed by atoms with Crippen molar-refractivity contribution in [1.29, 1.82) is 0 Å². The minimum atomic E-state index is -5.15. The minimum absolute atomic E-state index is 0.138. The highest BCUT2D eigenvalue weighted by atomic mass is 19.4. The second-order valence-corrected chi connectivity index (χ2v) is 3.19. The summed E-state index contributed by atoms with van der Waals surface area (Å²) in [4.78, 5) is 2.91. The Kier molecular flexibility index (Phi) is 4.13. The molecule has 0 unspecified atom stereocenters. The maximum atomic E-state index is 12.6. The number of halogens is 6. The molecule has 0 aliphatic carbocycles. The maximum Gasteiger partial charge on any atom is 0.574 e. The zero-order chi connectivity index (χ0) is 14.8. The summed E-state index contributed by atoms with van der Waals surface area (Å²) in [5, 5.41) is 8.88. The van der Waals surface area contributed by atoms with Crippen molar-refractivity contribution in [2.24, 2.45) is 0 Å². The van der Waals surface area contributed by atoms with Crippen LogP contribution < -0.4 is 9.47 Å². The normalized spacial score (nSPS) is 12.4. The van der Waals surface area contributed by atoms with Crippen LogP contribution in [-0.4, -0.2) is 23.6 Å². The molecule has 19 heavy (non-hydrogen) atoms. The van der Waals surface area contributed by atoms with Crippen molar-refractivity contribution in [3.63, 3.8) is 0 Å². The van der Waals surface area contributed by atoms with Gasteiger partial charge in [-0.05, 0) is 0 Å². The van der Waals surface area contributed by atoms with Gasteiger partial charge in [-0.25, -0.2) is 4.98 Å². The van der Waals surface area contributed by atoms with E-state index in [1.54, 1.807) is 0 Å². The number of alkyl halides is 6. The lowest BCUT2D eigenvalue weighted by molar-refractivity contribution is -0.276. The van der Waals surface area contributed by atoms with Crippen LogP contribution in [0.3, 0.4) is 0 Å². The number of hydrogen-bond acceptors (Lipinski definition) is 4. The zero-order valence-corrected chi connectivity index (χ0v) is 9.26. The van der Waals surface area contributed by atoms with Crippen molar-refractivity contribution < 1.29 is 40.9 Å². The predicted octanol–water partition coefficient (Wildman–Crippen LogP) is 2.50. The number of pyridine rings is 1. The molecule has 0 aromatic carbocycles. The molecule has 1 rings (SSSR count). The molecule has 0 bridgehead atoms. The molecule has 4 nitrogen and oxygen atoms in total. The van der Waals surface area contributed by atoms with E-state index in [4.69, 9.17) is 5.11 Å². The highest BCUT2D eigenvalue weighted by Gasteiger charge is 2.39. The van der Waals surface area contributed by atoms with Gasteiger partial charge in [0.2, 0.25) is 5.88 Å². The van der Waals surface area contributed by atoms with Crippen LogP contribution in [0.1, 0.15) is 11.1 Å². The number of aliphatic hydroxyl groups is 1. The van der Waals surface area contributed by atoms with Crippen molar-refractivity contribution in [3.05, 3.63) is 17.3 Å². The van der Waals surface area contributed by atoms with E-state index in [1.165, 1.54) is 0 Å². The first-order valence-corrected chi connectivity index (χ1v) is 4.59. The fourth-order valence-electron chi connectivity index (χ4n) is 1.29. The second-order valence-electron chi connectivity index (χ2n) is 3.19. The predicted molar refractivity (Wildman–Crippen MR) is 48.4 cm³/mol. The summed E-state index contributed by atoms with van der Waals surface area (Å²) >= 11 is 0. The molecule has 0 aliphatic rings. The fourth-order valence-corrected chi connectivity index (χ4v) is 1.29. The average molecular weight is 291 g/mol. The molecule has 1 aromatic rings. The van der Waals surface area contributed by atoms with Crippen molar-refractivity contribution in [2.45, 2.75) is 19.1 Å². The largest absolute Gasteiger partial charge is 0.574 e. The number of ether oxygens (including phenoxy) is 2. The molecule has 108 valence electrons. The first-order chi connectivity index (χ1) is 8.60. The van der Waals surface area contributed by atoms with Crippen molar-refractivity contribution >= 4 is 0 Å². The van der Waals surface area contributed by atoms with Gasteiger partial charge in [0.15, 0.2) is 0 Å². The van der Waals surface area contributed by atoms with Crippen molar-refractivity contribution in [2.75, 3.05) is 7.11 Å². The summed E-state index contributed by atoms with van der Waals surface area (Å²) in [5.74, 6) is -2.16. The van der Waals surface area contributed by atoms with E-state index >= 15 is 0 Å². The van der Waals surface area contributed by atoms with Crippen LogP contribution in [0.25, 0.3) is 0 Å². The molecular weight excluding hydrogens is 284 g/mol. The van der Waals surface area contributed by atoms with Crippen molar-refractivity contribution in [1.82, 2.24) is 4.98 Å². The summed E-state index contributed by atoms with van der Waals surface area (Å²) < 4.78 is 81.5. The quantitative estimate of drug-likeness (QED) is 0.869. The molecule has 1 aromatic heterocycles. The third-order valence-electron chi connectivity index (χ3n) is 1.97. The van der Waals surface area contributed by atoms with Gasteiger partial charge in [0.25, 0.3) is 0 Å². The molecule has 0 saturated heterocycles. The Balaban J connectivity index is 3.39. The fraction of sp³-hybridized carbons (Fsp3) is 0.444. The zero-order valence-electron chi connectivity index (χ0n) is 9.26. The first-order valence-electron chi connectivity index (χ1n) is 4.59. The average Bonchev–Trinajstić information content (AvgIpc) is 2.24. The molecular formula is C9H7F6NO3. The van der Waals surface area contributed by atoms with Gasteiger partial charge in [0.1, 0.15) is 11.3 Å². The van der Waals surface area contributed by atoms with Crippen LogP contribution in [0, 0.1) is 0 Å². The monoisotopic (exact) mass is 291 g/mol. The first kappa shape index (κ1) is 15.3. The van der Waals surface area contributed by atoms with Gasteiger partial charge in [0.05, 0.1) is 19.3 Å². The molecule has 0 fully saturated rings. The van der Waals surface area contributed by atoms with E-state index in [9.17, 15) is 26.3 Å². The smallest absolute Gasteiger partial charge is 0.495 e. The van der Waals surface area contributed by atoms with Gasteiger partial charge in [-0.3, -0.25) is 0 Å². The Morgan fingerprint density at radius 2 is 1.79 bits per heavy atom. The topological polar surface area (TPSA) is 51.6 Å². The summed E-state index contributed by atoms with van der Waals surface area (Å²) in [6.45, 7) is -1.16. The van der Waals surface area contributed by atoms with Gasteiger partial charge < -0.3 is 14.6 Å². The molecule has 1 N–H and O–H groups in total. The van der Waals surface area contributed by atoms with Gasteiger partial charge in [-0.2, -0.15) is 13.2 Å². The van der Waals surface area contributed by atoms with E-state index in [2.05, 4.69) is 14.5 Å². The summed E-state index contributed by atoms with van der Waals surface area (Å²) in [7, 11) is 0.821. The Hall–Kier alpha value is -1.71. The Morgan fingerprint density at radius 1 is 1.21 bits per heavy atom. The van der Waals surface area contributed by atoms with Gasteiger partial charge in [-0.1, -0.05) is 0 Å². The third kappa shape index (κ3) is 3.63. The second kappa shape index (κ2) is 5.11. The molecule has 0 amide bonds. The number of rotatable bonds is 3. The van der Waals surface area contributed by atoms with Crippen LogP contribution in [0.5, 0.6) is 11.6 Å². The molecule has 10 heteroatoms. The molecule has 1 heterocycles. The molecule has 0 radical (unpaired) electrons. The van der Waals surface area contributed by atoms with Crippen LogP contribution in [0.2, 0.25) is 0 Å². The lowest BCUT2D eigenvalue weighted by Crippen LogP contribution is -2.20. The van der Waals surface area contributed by atoms with E-state index in [1.807, 2.05) is 0 Å². The molecule has 0 saturated carbocycles. The minimum Gasteiger partial charge on any atom is -0.495 e. The SMILES string of the molecule is COc1c(C(F)(F)F)cnc(OC(F)(F)F)c1CO. The molecule has 0 aliphatic heterocycles. The van der Waals surface area contributed by atoms with Crippen LogP contribution in [0.4, 0.5) is 26.3 Å².